The van der Waals surface area contributed by atoms with Gasteiger partial charge in [0, 0.05) is 29.2 Å². The van der Waals surface area contributed by atoms with E-state index in [9.17, 15) is 32.7 Å². The minimum Gasteiger partial charge on any atom is -0.508 e. The molecule has 2 aliphatic heterocycles. The molecule has 15 heteroatoms. The lowest BCUT2D eigenvalue weighted by Gasteiger charge is -2.50. The molecule has 3 heterocycles. The van der Waals surface area contributed by atoms with Crippen LogP contribution in [0.2, 0.25) is 10.0 Å². The number of methoxy groups -OCH3 is 1. The molecule has 10 nitrogen and oxygen atoms in total. The van der Waals surface area contributed by atoms with Crippen LogP contribution in [0, 0.1) is 23.7 Å². The van der Waals surface area contributed by atoms with Crippen molar-refractivity contribution in [2.75, 3.05) is 19.1 Å². The fraction of sp³-hybridized carbons (Fsp3) is 0.343. The number of allylic oxidation sites excluding steroid dienone is 2. The van der Waals surface area contributed by atoms with Crippen molar-refractivity contribution in [2.24, 2.45) is 23.7 Å². The predicted octanol–water partition coefficient (Wildman–Crippen LogP) is 6.13. The van der Waals surface area contributed by atoms with Crippen molar-refractivity contribution in [1.29, 1.82) is 0 Å². The molecule has 7 rings (SSSR count). The maximum atomic E-state index is 15.2. The molecule has 50 heavy (non-hydrogen) atoms. The van der Waals surface area contributed by atoms with Crippen molar-refractivity contribution < 1.29 is 42.2 Å². The standard InChI is InChI=1S/C35H29Cl2F3N4O6/c1-3-43-30(46)20-12-11-19-21(26(20)32(43)48)14-22-31(47)44(42-29-23(37)13-17(15-41-29)35(38,39)40)33(49)34(22,16-7-9-18(36)10-8-16)28(19)27-24(45)5-4-6-25(27)50-2/h4-11,13,15,20-22,26,28,45H,3,12,14H2,1-2H3,(H,41,42)/t20-,21+,22-,26-,28+,34+/m0/s1. The first kappa shape index (κ1) is 33.9. The number of alkyl halides is 3. The van der Waals surface area contributed by atoms with Gasteiger partial charge in [-0.3, -0.25) is 29.5 Å². The Morgan fingerprint density at radius 3 is 2.40 bits per heavy atom. The number of hydrazine groups is 1. The molecule has 0 spiro atoms. The van der Waals surface area contributed by atoms with Crippen LogP contribution in [0.4, 0.5) is 19.0 Å². The number of ether oxygens (including phenoxy) is 1. The largest absolute Gasteiger partial charge is 0.508 e. The van der Waals surface area contributed by atoms with Gasteiger partial charge in [-0.05, 0) is 61.6 Å². The number of anilines is 1. The molecule has 2 aromatic carbocycles. The predicted molar refractivity (Wildman–Crippen MR) is 174 cm³/mol. The van der Waals surface area contributed by atoms with E-state index in [1.807, 2.05) is 6.08 Å². The minimum absolute atomic E-state index is 0.0461. The van der Waals surface area contributed by atoms with Gasteiger partial charge in [0.25, 0.3) is 11.8 Å². The first-order valence-electron chi connectivity index (χ1n) is 15.8. The molecule has 3 fully saturated rings. The number of nitrogens with zero attached hydrogens (tertiary/aromatic N) is 3. The number of phenolic OH excluding ortho intramolecular Hbond substituents is 1. The van der Waals surface area contributed by atoms with E-state index in [0.717, 1.165) is 0 Å². The summed E-state index contributed by atoms with van der Waals surface area (Å²) in [5, 5.41) is 12.1. The van der Waals surface area contributed by atoms with E-state index >= 15 is 4.79 Å². The number of phenols is 1. The molecular weight excluding hydrogens is 700 g/mol. The Labute approximate surface area is 293 Å². The van der Waals surface area contributed by atoms with Crippen LogP contribution in [-0.2, 0) is 30.8 Å². The number of aromatic hydroxyl groups is 1. The second-order valence-corrected chi connectivity index (χ2v) is 13.6. The number of nitrogens with one attached hydrogen (secondary N) is 1. The molecule has 3 aromatic rings. The third kappa shape index (κ3) is 4.80. The van der Waals surface area contributed by atoms with Crippen molar-refractivity contribution in [2.45, 2.75) is 37.3 Å². The van der Waals surface area contributed by atoms with E-state index in [1.165, 1.54) is 18.1 Å². The van der Waals surface area contributed by atoms with Gasteiger partial charge >= 0.3 is 6.18 Å². The average Bonchev–Trinajstić information content (AvgIpc) is 3.45. The van der Waals surface area contributed by atoms with Crippen LogP contribution in [0.3, 0.4) is 0 Å². The van der Waals surface area contributed by atoms with E-state index in [2.05, 4.69) is 10.4 Å². The lowest BCUT2D eigenvalue weighted by Crippen LogP contribution is -2.53. The van der Waals surface area contributed by atoms with Crippen molar-refractivity contribution in [3.05, 3.63) is 93.1 Å². The highest BCUT2D eigenvalue weighted by atomic mass is 35.5. The Morgan fingerprint density at radius 2 is 1.76 bits per heavy atom. The van der Waals surface area contributed by atoms with Crippen LogP contribution in [0.25, 0.3) is 0 Å². The third-order valence-electron chi connectivity index (χ3n) is 10.5. The molecule has 4 aliphatic rings. The number of likely N-dealkylation sites (tertiary alicyclic amines) is 1. The van der Waals surface area contributed by atoms with Crippen LogP contribution in [0.1, 0.15) is 42.4 Å². The molecule has 4 amide bonds. The molecule has 1 saturated carbocycles. The second-order valence-electron chi connectivity index (χ2n) is 12.7. The zero-order valence-corrected chi connectivity index (χ0v) is 28.0. The smallest absolute Gasteiger partial charge is 0.417 e. The van der Waals surface area contributed by atoms with E-state index in [0.29, 0.717) is 33.4 Å². The molecule has 260 valence electrons. The number of halogens is 5. The molecular formula is C35H29Cl2F3N4O6. The summed E-state index contributed by atoms with van der Waals surface area (Å²) in [6.07, 6.45) is -2.27. The lowest BCUT2D eigenvalue weighted by atomic mass is 9.49. The van der Waals surface area contributed by atoms with Crippen LogP contribution < -0.4 is 10.2 Å². The van der Waals surface area contributed by atoms with E-state index in [-0.39, 0.29) is 54.1 Å². The molecule has 2 saturated heterocycles. The van der Waals surface area contributed by atoms with Gasteiger partial charge in [0.05, 0.1) is 40.9 Å². The Bertz CT molecular complexity index is 1990. The Kier molecular flexibility index (Phi) is 8.13. The fourth-order valence-corrected chi connectivity index (χ4v) is 8.81. The van der Waals surface area contributed by atoms with Crippen LogP contribution in [-0.4, -0.2) is 57.3 Å². The van der Waals surface area contributed by atoms with Gasteiger partial charge in [0.2, 0.25) is 11.8 Å². The number of imide groups is 2. The minimum atomic E-state index is -4.75. The lowest BCUT2D eigenvalue weighted by molar-refractivity contribution is -0.141. The maximum absolute atomic E-state index is 15.2. The van der Waals surface area contributed by atoms with E-state index < -0.39 is 63.6 Å². The summed E-state index contributed by atoms with van der Waals surface area (Å²) in [4.78, 5) is 62.1. The normalized spacial score (nSPS) is 27.6. The van der Waals surface area contributed by atoms with Crippen molar-refractivity contribution in [3.63, 3.8) is 0 Å². The summed E-state index contributed by atoms with van der Waals surface area (Å²) < 4.78 is 45.9. The molecule has 2 aliphatic carbocycles. The van der Waals surface area contributed by atoms with E-state index in [4.69, 9.17) is 27.9 Å². The number of rotatable bonds is 6. The van der Waals surface area contributed by atoms with Crippen molar-refractivity contribution >= 4 is 52.6 Å². The highest BCUT2D eigenvalue weighted by Crippen LogP contribution is 2.66. The number of aromatic nitrogens is 1. The van der Waals surface area contributed by atoms with Gasteiger partial charge in [-0.2, -0.15) is 18.2 Å². The highest BCUT2D eigenvalue weighted by Gasteiger charge is 2.71. The number of amides is 4. The summed E-state index contributed by atoms with van der Waals surface area (Å²) in [5.74, 6) is -7.25. The van der Waals surface area contributed by atoms with Gasteiger partial charge in [0.15, 0.2) is 5.82 Å². The van der Waals surface area contributed by atoms with Gasteiger partial charge in [-0.15, -0.1) is 0 Å². The van der Waals surface area contributed by atoms with Crippen LogP contribution in [0.5, 0.6) is 11.5 Å². The summed E-state index contributed by atoms with van der Waals surface area (Å²) in [6.45, 7) is 1.87. The van der Waals surface area contributed by atoms with Crippen molar-refractivity contribution in [1.82, 2.24) is 14.9 Å². The maximum Gasteiger partial charge on any atom is 0.417 e. The summed E-state index contributed by atoms with van der Waals surface area (Å²) in [5.41, 5.74) is 0.739. The summed E-state index contributed by atoms with van der Waals surface area (Å²) in [7, 11) is 1.39. The quantitative estimate of drug-likeness (QED) is 0.229. The van der Waals surface area contributed by atoms with Gasteiger partial charge < -0.3 is 9.84 Å². The molecule has 0 radical (unpaired) electrons. The number of hydrogen-bond donors (Lipinski definition) is 2. The fourth-order valence-electron chi connectivity index (χ4n) is 8.47. The molecule has 1 aromatic heterocycles. The number of benzene rings is 2. The Morgan fingerprint density at radius 1 is 1.04 bits per heavy atom. The molecule has 6 atom stereocenters. The highest BCUT2D eigenvalue weighted by molar-refractivity contribution is 6.33. The second kappa shape index (κ2) is 12.0. The third-order valence-corrected chi connectivity index (χ3v) is 11.1. The Balaban J connectivity index is 1.47. The number of pyridine rings is 1. The van der Waals surface area contributed by atoms with Gasteiger partial charge in [0.1, 0.15) is 11.5 Å². The topological polar surface area (TPSA) is 129 Å². The molecule has 2 N–H and O–H groups in total. The summed E-state index contributed by atoms with van der Waals surface area (Å²) >= 11 is 12.5. The van der Waals surface area contributed by atoms with E-state index in [1.54, 1.807) is 43.3 Å². The number of carbonyl (C=O) groups excluding carboxylic acids is 4. The SMILES string of the molecule is CCN1C(=O)[C@H]2[C@H](CC=C3[C@H]2C[C@H]2C(=O)N(Nc4ncc(C(F)(F)F)cc4Cl)C(=O)[C@@]2(c2ccc(Cl)cc2)[C@H]3c2c(O)cccc2OC)C1=O. The first-order valence-corrected chi connectivity index (χ1v) is 16.6. The Hall–Kier alpha value is -4.62. The average molecular weight is 730 g/mol. The monoisotopic (exact) mass is 728 g/mol. The number of carbonyl (C=O) groups is 4. The molecule has 0 bridgehead atoms. The molecule has 0 unspecified atom stereocenters. The van der Waals surface area contributed by atoms with Gasteiger partial charge in [-0.25, -0.2) is 4.98 Å². The number of fused-ring (bicyclic) bond motifs is 4. The van der Waals surface area contributed by atoms with Crippen LogP contribution in [0.15, 0.2) is 66.4 Å². The summed E-state index contributed by atoms with van der Waals surface area (Å²) in [6, 6.07) is 11.5. The van der Waals surface area contributed by atoms with Crippen molar-refractivity contribution in [3.8, 4) is 11.5 Å². The van der Waals surface area contributed by atoms with Gasteiger partial charge in [-0.1, -0.05) is 53.1 Å². The zero-order valence-electron chi connectivity index (χ0n) is 26.5. The number of hydrogen-bond acceptors (Lipinski definition) is 8. The zero-order chi connectivity index (χ0) is 35.9. The first-order chi connectivity index (χ1) is 23.7. The van der Waals surface area contributed by atoms with Crippen LogP contribution >= 0.6 is 23.2 Å².